The minimum Gasteiger partial charge on any atom is -0.372 e. The van der Waals surface area contributed by atoms with Crippen LogP contribution in [0.25, 0.3) is 5.69 Å². The van der Waals surface area contributed by atoms with E-state index in [1.165, 1.54) is 28.9 Å². The third kappa shape index (κ3) is 5.70. The molecule has 1 aromatic heterocycles. The molecule has 0 saturated heterocycles. The fraction of sp³-hybridized carbons (Fsp3) is 0.148. The van der Waals surface area contributed by atoms with Crippen molar-refractivity contribution in [1.29, 1.82) is 0 Å². The SMILES string of the molecule is Cc1cc(=O)c(C(=O)NCc2ccccc2COCc2ccccc2)nn1-c1ccccc1[N+](=O)[O-]. The van der Waals surface area contributed by atoms with Gasteiger partial charge in [0.05, 0.1) is 18.1 Å². The molecule has 1 N–H and O–H groups in total. The molecule has 0 aliphatic carbocycles. The lowest BCUT2D eigenvalue weighted by Crippen LogP contribution is -2.32. The first-order valence-electron chi connectivity index (χ1n) is 11.3. The minimum absolute atomic E-state index is 0.157. The van der Waals surface area contributed by atoms with E-state index in [-0.39, 0.29) is 23.6 Å². The molecule has 3 aromatic carbocycles. The van der Waals surface area contributed by atoms with Gasteiger partial charge in [-0.1, -0.05) is 66.7 Å². The summed E-state index contributed by atoms with van der Waals surface area (Å²) < 4.78 is 7.07. The molecule has 182 valence electrons. The van der Waals surface area contributed by atoms with E-state index < -0.39 is 16.3 Å². The van der Waals surface area contributed by atoms with Gasteiger partial charge < -0.3 is 10.1 Å². The summed E-state index contributed by atoms with van der Waals surface area (Å²) in [5, 5.41) is 18.4. The molecule has 1 amide bonds. The number of hydrogen-bond acceptors (Lipinski definition) is 6. The summed E-state index contributed by atoms with van der Waals surface area (Å²) >= 11 is 0. The van der Waals surface area contributed by atoms with Crippen molar-refractivity contribution in [1.82, 2.24) is 15.1 Å². The van der Waals surface area contributed by atoms with Gasteiger partial charge in [-0.15, -0.1) is 0 Å². The number of nitrogens with one attached hydrogen (secondary N) is 1. The Kier molecular flexibility index (Phi) is 7.62. The van der Waals surface area contributed by atoms with Crippen LogP contribution in [0.15, 0.2) is 89.7 Å². The van der Waals surface area contributed by atoms with Crippen molar-refractivity contribution < 1.29 is 14.5 Å². The van der Waals surface area contributed by atoms with Crippen LogP contribution in [0.2, 0.25) is 0 Å². The Bertz CT molecular complexity index is 1450. The number of nitro benzene ring substituents is 1. The summed E-state index contributed by atoms with van der Waals surface area (Å²) in [6, 6.07) is 24.6. The molecular weight excluding hydrogens is 460 g/mol. The van der Waals surface area contributed by atoms with Crippen molar-refractivity contribution in [3.8, 4) is 5.69 Å². The monoisotopic (exact) mass is 484 g/mol. The maximum Gasteiger partial charge on any atom is 0.294 e. The molecule has 0 aliphatic heterocycles. The number of benzene rings is 3. The fourth-order valence-corrected chi connectivity index (χ4v) is 3.73. The van der Waals surface area contributed by atoms with Gasteiger partial charge in [-0.05, 0) is 29.7 Å². The normalized spacial score (nSPS) is 10.7. The van der Waals surface area contributed by atoms with Crippen LogP contribution in [0.3, 0.4) is 0 Å². The lowest BCUT2D eigenvalue weighted by molar-refractivity contribution is -0.384. The van der Waals surface area contributed by atoms with E-state index in [4.69, 9.17) is 4.74 Å². The zero-order valence-electron chi connectivity index (χ0n) is 19.6. The van der Waals surface area contributed by atoms with Crippen LogP contribution >= 0.6 is 0 Å². The highest BCUT2D eigenvalue weighted by molar-refractivity contribution is 5.92. The fourth-order valence-electron chi connectivity index (χ4n) is 3.73. The van der Waals surface area contributed by atoms with E-state index in [0.29, 0.717) is 18.9 Å². The molecule has 1 heterocycles. The smallest absolute Gasteiger partial charge is 0.294 e. The summed E-state index contributed by atoms with van der Waals surface area (Å²) in [5.41, 5.74) is 2.22. The molecule has 4 aromatic rings. The second-order valence-electron chi connectivity index (χ2n) is 8.09. The van der Waals surface area contributed by atoms with Gasteiger partial charge in [0, 0.05) is 24.4 Å². The van der Waals surface area contributed by atoms with Gasteiger partial charge in [0.1, 0.15) is 5.69 Å². The second-order valence-corrected chi connectivity index (χ2v) is 8.09. The van der Waals surface area contributed by atoms with Crippen LogP contribution in [-0.2, 0) is 24.5 Å². The van der Waals surface area contributed by atoms with Crippen molar-refractivity contribution in [2.24, 2.45) is 0 Å². The van der Waals surface area contributed by atoms with Crippen molar-refractivity contribution in [2.75, 3.05) is 0 Å². The molecule has 0 spiro atoms. The summed E-state index contributed by atoms with van der Waals surface area (Å²) in [6.45, 7) is 2.57. The molecule has 0 fully saturated rings. The average Bonchev–Trinajstić information content (AvgIpc) is 2.88. The largest absolute Gasteiger partial charge is 0.372 e. The third-order valence-corrected chi connectivity index (χ3v) is 5.56. The van der Waals surface area contributed by atoms with Crippen LogP contribution in [0.4, 0.5) is 5.69 Å². The number of amides is 1. The Morgan fingerprint density at radius 1 is 0.972 bits per heavy atom. The van der Waals surface area contributed by atoms with Gasteiger partial charge >= 0.3 is 0 Å². The second kappa shape index (κ2) is 11.2. The highest BCUT2D eigenvalue weighted by Crippen LogP contribution is 2.22. The number of hydrogen-bond donors (Lipinski definition) is 1. The molecule has 0 saturated carbocycles. The summed E-state index contributed by atoms with van der Waals surface area (Å²) in [5.74, 6) is -0.674. The summed E-state index contributed by atoms with van der Waals surface area (Å²) in [4.78, 5) is 36.4. The van der Waals surface area contributed by atoms with Crippen LogP contribution < -0.4 is 10.7 Å². The van der Waals surface area contributed by atoms with E-state index in [1.807, 2.05) is 54.6 Å². The predicted molar refractivity (Wildman–Crippen MR) is 134 cm³/mol. The molecule has 0 radical (unpaired) electrons. The van der Waals surface area contributed by atoms with Crippen LogP contribution in [0, 0.1) is 17.0 Å². The number of aryl methyl sites for hydroxylation is 1. The van der Waals surface area contributed by atoms with Crippen molar-refractivity contribution in [2.45, 2.75) is 26.7 Å². The number of nitrogens with zero attached hydrogens (tertiary/aromatic N) is 3. The molecule has 0 aliphatic rings. The Balaban J connectivity index is 1.50. The predicted octanol–water partition coefficient (Wildman–Crippen LogP) is 4.10. The van der Waals surface area contributed by atoms with Gasteiger partial charge in [0.15, 0.2) is 5.69 Å². The number of ether oxygens (including phenoxy) is 1. The zero-order chi connectivity index (χ0) is 25.5. The number of carbonyl (C=O) groups excluding carboxylic acids is 1. The zero-order valence-corrected chi connectivity index (χ0v) is 19.6. The van der Waals surface area contributed by atoms with Crippen molar-refractivity contribution in [3.63, 3.8) is 0 Å². The number of carbonyl (C=O) groups is 1. The number of aromatic nitrogens is 2. The van der Waals surface area contributed by atoms with Gasteiger partial charge in [0.2, 0.25) is 5.43 Å². The number of nitro groups is 1. The quantitative estimate of drug-likeness (QED) is 0.282. The molecule has 9 nitrogen and oxygen atoms in total. The maximum absolute atomic E-state index is 12.9. The highest BCUT2D eigenvalue weighted by atomic mass is 16.6. The van der Waals surface area contributed by atoms with E-state index in [1.54, 1.807) is 13.0 Å². The van der Waals surface area contributed by atoms with Gasteiger partial charge in [0.25, 0.3) is 11.6 Å². The maximum atomic E-state index is 12.9. The Labute approximate surface area is 207 Å². The molecule has 36 heavy (non-hydrogen) atoms. The average molecular weight is 485 g/mol. The van der Waals surface area contributed by atoms with Gasteiger partial charge in [-0.3, -0.25) is 19.7 Å². The molecule has 0 bridgehead atoms. The lowest BCUT2D eigenvalue weighted by Gasteiger charge is -2.13. The van der Waals surface area contributed by atoms with Gasteiger partial charge in [-0.25, -0.2) is 4.68 Å². The first kappa shape index (κ1) is 24.5. The summed E-state index contributed by atoms with van der Waals surface area (Å²) in [7, 11) is 0. The van der Waals surface area contributed by atoms with E-state index in [2.05, 4.69) is 10.4 Å². The molecule has 9 heteroatoms. The topological polar surface area (TPSA) is 116 Å². The number of rotatable bonds is 9. The van der Waals surface area contributed by atoms with Crippen molar-refractivity contribution in [3.05, 3.63) is 133 Å². The molecule has 4 rings (SSSR count). The molecule has 0 atom stereocenters. The Hall–Kier alpha value is -4.63. The Morgan fingerprint density at radius 2 is 1.64 bits per heavy atom. The molecular formula is C27H24N4O5. The van der Waals surface area contributed by atoms with Crippen LogP contribution in [-0.4, -0.2) is 20.6 Å². The molecule has 0 unspecified atom stereocenters. The standard InChI is InChI=1S/C27H24N4O5/c1-19-15-25(32)26(29-30(19)23-13-7-8-14-24(23)31(34)35)27(33)28-16-21-11-5-6-12-22(21)18-36-17-20-9-3-2-4-10-20/h2-15H,16-18H2,1H3,(H,28,33). The lowest BCUT2D eigenvalue weighted by atomic mass is 10.1. The first-order valence-corrected chi connectivity index (χ1v) is 11.3. The van der Waals surface area contributed by atoms with Crippen LogP contribution in [0.5, 0.6) is 0 Å². The third-order valence-electron chi connectivity index (χ3n) is 5.56. The minimum atomic E-state index is -0.674. The number of para-hydroxylation sites is 2. The first-order chi connectivity index (χ1) is 17.4. The Morgan fingerprint density at radius 3 is 2.39 bits per heavy atom. The van der Waals surface area contributed by atoms with E-state index >= 15 is 0 Å². The van der Waals surface area contributed by atoms with Gasteiger partial charge in [-0.2, -0.15) is 5.10 Å². The summed E-state index contributed by atoms with van der Waals surface area (Å²) in [6.07, 6.45) is 0. The van der Waals surface area contributed by atoms with E-state index in [9.17, 15) is 19.7 Å². The highest BCUT2D eigenvalue weighted by Gasteiger charge is 2.20. The van der Waals surface area contributed by atoms with E-state index in [0.717, 1.165) is 16.7 Å². The van der Waals surface area contributed by atoms with Crippen molar-refractivity contribution >= 4 is 11.6 Å². The van der Waals surface area contributed by atoms with Crippen LogP contribution in [0.1, 0.15) is 32.9 Å².